The van der Waals surface area contributed by atoms with Crippen LogP contribution in [0.5, 0.6) is 0 Å². The van der Waals surface area contributed by atoms with Gasteiger partial charge in [-0.15, -0.1) is 0 Å². The van der Waals surface area contributed by atoms with E-state index in [-0.39, 0.29) is 5.91 Å². The van der Waals surface area contributed by atoms with Gasteiger partial charge in [0.05, 0.1) is 5.69 Å². The summed E-state index contributed by atoms with van der Waals surface area (Å²) < 4.78 is 1.80. The van der Waals surface area contributed by atoms with Gasteiger partial charge in [-0.3, -0.25) is 9.48 Å². The Labute approximate surface area is 143 Å². The van der Waals surface area contributed by atoms with Gasteiger partial charge in [0.25, 0.3) is 0 Å². The number of hydrogen-bond donors (Lipinski definition) is 0. The molecule has 1 fully saturated rings. The fourth-order valence-corrected chi connectivity index (χ4v) is 3.34. The van der Waals surface area contributed by atoms with Gasteiger partial charge in [0.1, 0.15) is 6.54 Å². The number of piperazine rings is 1. The van der Waals surface area contributed by atoms with Gasteiger partial charge in [0, 0.05) is 37.6 Å². The van der Waals surface area contributed by atoms with Crippen molar-refractivity contribution >= 4 is 11.6 Å². The highest BCUT2D eigenvalue weighted by molar-refractivity contribution is 5.76. The van der Waals surface area contributed by atoms with Gasteiger partial charge >= 0.3 is 0 Å². The van der Waals surface area contributed by atoms with Gasteiger partial charge in [0.2, 0.25) is 5.91 Å². The first-order valence-corrected chi connectivity index (χ1v) is 8.55. The van der Waals surface area contributed by atoms with Crippen LogP contribution in [0.1, 0.15) is 22.5 Å². The Bertz CT molecular complexity index is 742. The van der Waals surface area contributed by atoms with Crippen LogP contribution in [0.2, 0.25) is 0 Å². The maximum absolute atomic E-state index is 12.5. The zero-order chi connectivity index (χ0) is 17.3. The van der Waals surface area contributed by atoms with Gasteiger partial charge in [-0.25, -0.2) is 0 Å². The minimum absolute atomic E-state index is 0.154. The van der Waals surface area contributed by atoms with Crippen LogP contribution in [-0.2, 0) is 11.3 Å². The van der Waals surface area contributed by atoms with Gasteiger partial charge in [-0.1, -0.05) is 12.1 Å². The van der Waals surface area contributed by atoms with Crippen molar-refractivity contribution in [2.75, 3.05) is 31.1 Å². The Balaban J connectivity index is 1.61. The van der Waals surface area contributed by atoms with E-state index >= 15 is 0 Å². The SMILES string of the molecule is Cc1cc(C)n(CC(=O)N2CCN(c3cccc(C)c3C)CC2)n1. The predicted molar refractivity (Wildman–Crippen MR) is 96.4 cm³/mol. The molecule has 1 aliphatic heterocycles. The zero-order valence-corrected chi connectivity index (χ0v) is 15.0. The molecule has 1 amide bonds. The van der Waals surface area contributed by atoms with Crippen LogP contribution in [0.15, 0.2) is 24.3 Å². The van der Waals surface area contributed by atoms with Crippen molar-refractivity contribution in [3.8, 4) is 0 Å². The second kappa shape index (κ2) is 6.67. The molecule has 2 aromatic rings. The fourth-order valence-electron chi connectivity index (χ4n) is 3.34. The van der Waals surface area contributed by atoms with Crippen LogP contribution in [-0.4, -0.2) is 46.8 Å². The van der Waals surface area contributed by atoms with Crippen molar-refractivity contribution in [1.82, 2.24) is 14.7 Å². The summed E-state index contributed by atoms with van der Waals surface area (Å²) in [6, 6.07) is 8.44. The topological polar surface area (TPSA) is 41.4 Å². The first-order valence-electron chi connectivity index (χ1n) is 8.55. The third-order valence-electron chi connectivity index (χ3n) is 4.94. The largest absolute Gasteiger partial charge is 0.368 e. The van der Waals surface area contributed by atoms with E-state index in [4.69, 9.17) is 0 Å². The second-order valence-corrected chi connectivity index (χ2v) is 6.67. The van der Waals surface area contributed by atoms with E-state index < -0.39 is 0 Å². The molecule has 0 spiro atoms. The van der Waals surface area contributed by atoms with Crippen LogP contribution < -0.4 is 4.90 Å². The molecule has 1 aliphatic rings. The molecular formula is C19H26N4O. The predicted octanol–water partition coefficient (Wildman–Crippen LogP) is 2.47. The highest BCUT2D eigenvalue weighted by Gasteiger charge is 2.23. The van der Waals surface area contributed by atoms with Crippen LogP contribution in [0.3, 0.4) is 0 Å². The Morgan fingerprint density at radius 2 is 1.79 bits per heavy atom. The highest BCUT2D eigenvalue weighted by atomic mass is 16.2. The van der Waals surface area contributed by atoms with Crippen molar-refractivity contribution < 1.29 is 4.79 Å². The quantitative estimate of drug-likeness (QED) is 0.870. The fraction of sp³-hybridized carbons (Fsp3) is 0.474. The lowest BCUT2D eigenvalue weighted by Crippen LogP contribution is -2.50. The van der Waals surface area contributed by atoms with E-state index in [1.54, 1.807) is 4.68 Å². The molecule has 128 valence electrons. The zero-order valence-electron chi connectivity index (χ0n) is 15.0. The van der Waals surface area contributed by atoms with Crippen LogP contribution in [0.4, 0.5) is 5.69 Å². The van der Waals surface area contributed by atoms with Gasteiger partial charge in [-0.2, -0.15) is 5.10 Å². The molecule has 0 N–H and O–H groups in total. The number of hydrogen-bond acceptors (Lipinski definition) is 3. The molecule has 0 saturated carbocycles. The Morgan fingerprint density at radius 1 is 1.08 bits per heavy atom. The number of nitrogens with zero attached hydrogens (tertiary/aromatic N) is 4. The van der Waals surface area contributed by atoms with Crippen molar-refractivity contribution in [2.24, 2.45) is 0 Å². The monoisotopic (exact) mass is 326 g/mol. The lowest BCUT2D eigenvalue weighted by molar-refractivity contribution is -0.132. The lowest BCUT2D eigenvalue weighted by Gasteiger charge is -2.37. The van der Waals surface area contributed by atoms with Crippen LogP contribution in [0, 0.1) is 27.7 Å². The number of rotatable bonds is 3. The molecule has 2 heterocycles. The van der Waals surface area contributed by atoms with Gasteiger partial charge in [0.15, 0.2) is 0 Å². The van der Waals surface area contributed by atoms with E-state index in [0.717, 1.165) is 37.6 Å². The van der Waals surface area contributed by atoms with E-state index in [1.807, 2.05) is 24.8 Å². The number of carbonyl (C=O) groups excluding carboxylic acids is 1. The molecule has 0 aliphatic carbocycles. The summed E-state index contributed by atoms with van der Waals surface area (Å²) in [5, 5.41) is 4.39. The number of carbonyl (C=O) groups is 1. The van der Waals surface area contributed by atoms with Crippen LogP contribution >= 0.6 is 0 Å². The van der Waals surface area contributed by atoms with Crippen molar-refractivity contribution in [3.05, 3.63) is 46.8 Å². The molecule has 0 unspecified atom stereocenters. The third-order valence-corrected chi connectivity index (χ3v) is 4.94. The molecule has 0 radical (unpaired) electrons. The Hall–Kier alpha value is -2.30. The van der Waals surface area contributed by atoms with E-state index in [0.29, 0.717) is 6.54 Å². The van der Waals surface area contributed by atoms with Crippen molar-refractivity contribution in [2.45, 2.75) is 34.2 Å². The minimum Gasteiger partial charge on any atom is -0.368 e. The Morgan fingerprint density at radius 3 is 2.42 bits per heavy atom. The number of anilines is 1. The molecule has 24 heavy (non-hydrogen) atoms. The first-order chi connectivity index (χ1) is 11.5. The third kappa shape index (κ3) is 3.30. The van der Waals surface area contributed by atoms with Crippen molar-refractivity contribution in [3.63, 3.8) is 0 Å². The molecule has 1 saturated heterocycles. The second-order valence-electron chi connectivity index (χ2n) is 6.67. The molecule has 3 rings (SSSR count). The number of aromatic nitrogens is 2. The summed E-state index contributed by atoms with van der Waals surface area (Å²) >= 11 is 0. The highest BCUT2D eigenvalue weighted by Crippen LogP contribution is 2.23. The molecule has 1 aromatic heterocycles. The summed E-state index contributed by atoms with van der Waals surface area (Å²) in [5.74, 6) is 0.154. The van der Waals surface area contributed by atoms with E-state index in [9.17, 15) is 4.79 Å². The van der Waals surface area contributed by atoms with E-state index in [2.05, 4.69) is 42.0 Å². The molecular weight excluding hydrogens is 300 g/mol. The Kier molecular flexibility index (Phi) is 4.60. The normalized spacial score (nSPS) is 15.0. The molecule has 0 atom stereocenters. The average Bonchev–Trinajstić information content (AvgIpc) is 2.87. The molecule has 0 bridgehead atoms. The van der Waals surface area contributed by atoms with Gasteiger partial charge < -0.3 is 9.80 Å². The maximum atomic E-state index is 12.5. The van der Waals surface area contributed by atoms with Crippen LogP contribution in [0.25, 0.3) is 0 Å². The average molecular weight is 326 g/mol. The molecule has 5 nitrogen and oxygen atoms in total. The number of amides is 1. The van der Waals surface area contributed by atoms with E-state index in [1.165, 1.54) is 16.8 Å². The molecule has 1 aromatic carbocycles. The first kappa shape index (κ1) is 16.6. The van der Waals surface area contributed by atoms with Gasteiger partial charge in [-0.05, 0) is 51.0 Å². The number of aryl methyl sites for hydroxylation is 3. The summed E-state index contributed by atoms with van der Waals surface area (Å²) in [6.45, 7) is 11.9. The molecule has 5 heteroatoms. The minimum atomic E-state index is 0.154. The maximum Gasteiger partial charge on any atom is 0.244 e. The standard InChI is InChI=1S/C19H26N4O/c1-14-6-5-7-18(17(14)4)21-8-10-22(11-9-21)19(24)13-23-16(3)12-15(2)20-23/h5-7,12H,8-11,13H2,1-4H3. The summed E-state index contributed by atoms with van der Waals surface area (Å²) in [5.41, 5.74) is 5.94. The smallest absolute Gasteiger partial charge is 0.244 e. The van der Waals surface area contributed by atoms with Crippen molar-refractivity contribution in [1.29, 1.82) is 0 Å². The lowest BCUT2D eigenvalue weighted by atomic mass is 10.1. The number of benzene rings is 1. The summed E-state index contributed by atoms with van der Waals surface area (Å²) in [4.78, 5) is 16.9. The summed E-state index contributed by atoms with van der Waals surface area (Å²) in [7, 11) is 0. The summed E-state index contributed by atoms with van der Waals surface area (Å²) in [6.07, 6.45) is 0.